The molecule has 1 atom stereocenters. The summed E-state index contributed by atoms with van der Waals surface area (Å²) >= 11 is 0. The van der Waals surface area contributed by atoms with Crippen LogP contribution >= 0.6 is 0 Å². The van der Waals surface area contributed by atoms with Crippen molar-refractivity contribution in [2.24, 2.45) is 5.92 Å². The maximum atomic E-state index is 13.2. The zero-order valence-corrected chi connectivity index (χ0v) is 16.1. The van der Waals surface area contributed by atoms with Gasteiger partial charge in [-0.05, 0) is 49.6 Å². The molecule has 0 radical (unpaired) electrons. The average Bonchev–Trinajstić information content (AvgIpc) is 2.74. The molecule has 2 amide bonds. The number of amides is 2. The molecule has 29 heavy (non-hydrogen) atoms. The van der Waals surface area contributed by atoms with Gasteiger partial charge in [0.05, 0.1) is 0 Å². The smallest absolute Gasteiger partial charge is 0.333 e. The van der Waals surface area contributed by atoms with Crippen LogP contribution in [0.1, 0.15) is 35.7 Å². The summed E-state index contributed by atoms with van der Waals surface area (Å²) in [5.74, 6) is -2.57. The highest BCUT2D eigenvalue weighted by molar-refractivity contribution is 5.94. The van der Waals surface area contributed by atoms with Gasteiger partial charge in [-0.2, -0.15) is 0 Å². The van der Waals surface area contributed by atoms with Crippen molar-refractivity contribution in [2.45, 2.75) is 25.3 Å². The lowest BCUT2D eigenvalue weighted by Crippen LogP contribution is -2.53. The van der Waals surface area contributed by atoms with Gasteiger partial charge >= 0.3 is 5.97 Å². The summed E-state index contributed by atoms with van der Waals surface area (Å²) in [6.45, 7) is 2.23. The molecule has 1 aliphatic rings. The standard InChI is InChI=1S/C22H23FN2O4/c1-22(21(28)29,17-7-9-18(23)10-8-17)24-19(26)15-11-13-25(14-12-15)20(27)16-5-3-2-4-6-16/h2-10,15H,11-14H2,1H3,(H,24,26)(H,28,29). The molecule has 1 fully saturated rings. The predicted octanol–water partition coefficient (Wildman–Crippen LogP) is 2.79. The summed E-state index contributed by atoms with van der Waals surface area (Å²) in [5, 5.41) is 12.3. The van der Waals surface area contributed by atoms with E-state index in [1.165, 1.54) is 19.1 Å². The Hall–Kier alpha value is -3.22. The number of aliphatic carboxylic acids is 1. The van der Waals surface area contributed by atoms with Crippen molar-refractivity contribution in [2.75, 3.05) is 13.1 Å². The summed E-state index contributed by atoms with van der Waals surface area (Å²) in [7, 11) is 0. The summed E-state index contributed by atoms with van der Waals surface area (Å²) in [4.78, 5) is 38.8. The van der Waals surface area contributed by atoms with Crippen LogP contribution in [-0.2, 0) is 15.1 Å². The number of carbonyl (C=O) groups excluding carboxylic acids is 2. The molecule has 0 bridgehead atoms. The molecule has 2 aromatic rings. The van der Waals surface area contributed by atoms with E-state index in [9.17, 15) is 23.9 Å². The molecule has 152 valence electrons. The Labute approximate surface area is 168 Å². The number of likely N-dealkylation sites (tertiary alicyclic amines) is 1. The Morgan fingerprint density at radius 1 is 1.03 bits per heavy atom. The first-order valence-electron chi connectivity index (χ1n) is 9.47. The largest absolute Gasteiger partial charge is 0.479 e. The van der Waals surface area contributed by atoms with E-state index in [4.69, 9.17) is 0 Å². The fraction of sp³-hybridized carbons (Fsp3) is 0.318. The molecule has 6 nitrogen and oxygen atoms in total. The third-order valence-corrected chi connectivity index (χ3v) is 5.40. The molecule has 1 aliphatic heterocycles. The highest BCUT2D eigenvalue weighted by atomic mass is 19.1. The fourth-order valence-electron chi connectivity index (χ4n) is 3.49. The van der Waals surface area contributed by atoms with Crippen molar-refractivity contribution in [1.82, 2.24) is 10.2 Å². The van der Waals surface area contributed by atoms with Gasteiger partial charge in [-0.1, -0.05) is 30.3 Å². The van der Waals surface area contributed by atoms with Crippen molar-refractivity contribution in [3.63, 3.8) is 0 Å². The third-order valence-electron chi connectivity index (χ3n) is 5.40. The molecular formula is C22H23FN2O4. The van der Waals surface area contributed by atoms with Gasteiger partial charge in [-0.3, -0.25) is 9.59 Å². The van der Waals surface area contributed by atoms with Crippen LogP contribution in [0.4, 0.5) is 4.39 Å². The molecule has 1 saturated heterocycles. The minimum absolute atomic E-state index is 0.0776. The van der Waals surface area contributed by atoms with Crippen LogP contribution in [0.5, 0.6) is 0 Å². The normalized spacial score (nSPS) is 16.7. The topological polar surface area (TPSA) is 86.7 Å². The summed E-state index contributed by atoms with van der Waals surface area (Å²) < 4.78 is 13.2. The minimum Gasteiger partial charge on any atom is -0.479 e. The Morgan fingerprint density at radius 2 is 1.62 bits per heavy atom. The number of hydrogen-bond acceptors (Lipinski definition) is 3. The number of benzene rings is 2. The molecule has 7 heteroatoms. The first kappa shape index (κ1) is 20.5. The predicted molar refractivity (Wildman–Crippen MR) is 105 cm³/mol. The fourth-order valence-corrected chi connectivity index (χ4v) is 3.49. The van der Waals surface area contributed by atoms with E-state index in [0.717, 1.165) is 12.1 Å². The van der Waals surface area contributed by atoms with Crippen molar-refractivity contribution in [3.8, 4) is 0 Å². The Bertz CT molecular complexity index is 893. The van der Waals surface area contributed by atoms with Gasteiger partial charge in [-0.15, -0.1) is 0 Å². The maximum Gasteiger partial charge on any atom is 0.333 e. The van der Waals surface area contributed by atoms with Crippen LogP contribution in [0.2, 0.25) is 0 Å². The molecule has 0 aromatic heterocycles. The Kier molecular flexibility index (Phi) is 5.96. The third kappa shape index (κ3) is 4.45. The van der Waals surface area contributed by atoms with Gasteiger partial charge in [0, 0.05) is 24.6 Å². The van der Waals surface area contributed by atoms with E-state index in [1.807, 2.05) is 6.07 Å². The second kappa shape index (κ2) is 8.43. The molecule has 0 aliphatic carbocycles. The number of hydrogen-bond donors (Lipinski definition) is 2. The number of halogens is 1. The molecular weight excluding hydrogens is 375 g/mol. The summed E-state index contributed by atoms with van der Waals surface area (Å²) in [6.07, 6.45) is 0.896. The summed E-state index contributed by atoms with van der Waals surface area (Å²) in [5.41, 5.74) is -0.775. The molecule has 2 N–H and O–H groups in total. The average molecular weight is 398 g/mol. The zero-order valence-electron chi connectivity index (χ0n) is 16.1. The van der Waals surface area contributed by atoms with Crippen molar-refractivity contribution in [3.05, 3.63) is 71.5 Å². The lowest BCUT2D eigenvalue weighted by atomic mass is 9.89. The zero-order chi connectivity index (χ0) is 21.0. The SMILES string of the molecule is CC(NC(=O)C1CCN(C(=O)c2ccccc2)CC1)(C(=O)O)c1ccc(F)cc1. The van der Waals surface area contributed by atoms with Gasteiger partial charge < -0.3 is 15.3 Å². The molecule has 0 spiro atoms. The number of carboxylic acid groups (broad SMARTS) is 1. The van der Waals surface area contributed by atoms with Crippen LogP contribution in [-0.4, -0.2) is 40.9 Å². The Balaban J connectivity index is 1.64. The van der Waals surface area contributed by atoms with Crippen molar-refractivity contribution >= 4 is 17.8 Å². The number of carboxylic acids is 1. The van der Waals surface area contributed by atoms with Crippen LogP contribution in [0, 0.1) is 11.7 Å². The van der Waals surface area contributed by atoms with E-state index >= 15 is 0 Å². The van der Waals surface area contributed by atoms with Crippen LogP contribution in [0.15, 0.2) is 54.6 Å². The number of nitrogens with one attached hydrogen (secondary N) is 1. The monoisotopic (exact) mass is 398 g/mol. The number of nitrogens with zero attached hydrogens (tertiary/aromatic N) is 1. The van der Waals surface area contributed by atoms with Gasteiger partial charge in [0.1, 0.15) is 5.82 Å². The Morgan fingerprint density at radius 3 is 2.17 bits per heavy atom. The highest BCUT2D eigenvalue weighted by Gasteiger charge is 2.39. The number of rotatable bonds is 5. The van der Waals surface area contributed by atoms with Crippen LogP contribution in [0.25, 0.3) is 0 Å². The lowest BCUT2D eigenvalue weighted by Gasteiger charge is -2.34. The van der Waals surface area contributed by atoms with Crippen molar-refractivity contribution in [1.29, 1.82) is 0 Å². The quantitative estimate of drug-likeness (QED) is 0.811. The number of piperidine rings is 1. The van der Waals surface area contributed by atoms with E-state index < -0.39 is 23.2 Å². The second-order valence-corrected chi connectivity index (χ2v) is 7.36. The molecule has 1 unspecified atom stereocenters. The van der Waals surface area contributed by atoms with Gasteiger partial charge in [-0.25, -0.2) is 9.18 Å². The second-order valence-electron chi connectivity index (χ2n) is 7.36. The van der Waals surface area contributed by atoms with Gasteiger partial charge in [0.25, 0.3) is 5.91 Å². The van der Waals surface area contributed by atoms with E-state index in [1.54, 1.807) is 29.2 Å². The van der Waals surface area contributed by atoms with Crippen LogP contribution < -0.4 is 5.32 Å². The first-order chi connectivity index (χ1) is 13.8. The van der Waals surface area contributed by atoms with E-state index in [-0.39, 0.29) is 17.4 Å². The van der Waals surface area contributed by atoms with Gasteiger partial charge in [0.2, 0.25) is 5.91 Å². The molecule has 1 heterocycles. The van der Waals surface area contributed by atoms with Crippen molar-refractivity contribution < 1.29 is 23.9 Å². The van der Waals surface area contributed by atoms with E-state index in [0.29, 0.717) is 31.5 Å². The van der Waals surface area contributed by atoms with Gasteiger partial charge in [0.15, 0.2) is 5.54 Å². The van der Waals surface area contributed by atoms with E-state index in [2.05, 4.69) is 5.32 Å². The molecule has 3 rings (SSSR count). The first-order valence-corrected chi connectivity index (χ1v) is 9.47. The minimum atomic E-state index is -1.66. The number of carbonyl (C=O) groups is 3. The highest BCUT2D eigenvalue weighted by Crippen LogP contribution is 2.25. The maximum absolute atomic E-state index is 13.2. The summed E-state index contributed by atoms with van der Waals surface area (Å²) in [6, 6.07) is 14.0. The lowest BCUT2D eigenvalue weighted by molar-refractivity contribution is -0.148. The molecule has 0 saturated carbocycles. The van der Waals surface area contributed by atoms with Crippen LogP contribution in [0.3, 0.4) is 0 Å². The molecule has 2 aromatic carbocycles.